The number of hydrogen-bond donors (Lipinski definition) is 1. The molecular formula is C26H21N5O7S. The van der Waals surface area contributed by atoms with E-state index in [0.29, 0.717) is 11.1 Å². The average molecular weight is 548 g/mol. The Bertz CT molecular complexity index is 1600. The Morgan fingerprint density at radius 2 is 1.67 bits per heavy atom. The number of rotatable bonds is 8. The number of carbonyl (C=O) groups is 3. The molecule has 0 bridgehead atoms. The van der Waals surface area contributed by atoms with Crippen molar-refractivity contribution in [1.29, 1.82) is 5.26 Å². The minimum atomic E-state index is -3.89. The predicted octanol–water partition coefficient (Wildman–Crippen LogP) is 2.13. The molecule has 1 saturated heterocycles. The van der Waals surface area contributed by atoms with Crippen molar-refractivity contribution in [3.63, 3.8) is 0 Å². The number of sulfonamides is 1. The number of nitro groups is 1. The zero-order valence-electron chi connectivity index (χ0n) is 20.3. The fourth-order valence-electron chi connectivity index (χ4n) is 4.20. The van der Waals surface area contributed by atoms with E-state index in [1.807, 2.05) is 6.07 Å². The van der Waals surface area contributed by atoms with Crippen LogP contribution in [0.4, 0.5) is 11.4 Å². The Hall–Kier alpha value is -4.93. The molecule has 0 radical (unpaired) electrons. The fourth-order valence-corrected chi connectivity index (χ4v) is 4.72. The lowest BCUT2D eigenvalue weighted by atomic mass is 10.1. The van der Waals surface area contributed by atoms with Gasteiger partial charge in [-0.2, -0.15) is 5.26 Å². The number of primary sulfonamides is 1. The van der Waals surface area contributed by atoms with Gasteiger partial charge in [0, 0.05) is 24.2 Å². The summed E-state index contributed by atoms with van der Waals surface area (Å²) >= 11 is 0. The minimum Gasteiger partial charge on any atom is -0.326 e. The molecule has 3 aromatic rings. The molecule has 1 unspecified atom stereocenters. The first-order chi connectivity index (χ1) is 18.5. The summed E-state index contributed by atoms with van der Waals surface area (Å²) in [5.74, 6) is -1.78. The number of nitriles is 1. The second-order valence-electron chi connectivity index (χ2n) is 8.69. The Morgan fingerprint density at radius 3 is 2.21 bits per heavy atom. The van der Waals surface area contributed by atoms with Crippen LogP contribution in [0.15, 0.2) is 77.7 Å². The molecule has 0 aliphatic carbocycles. The highest BCUT2D eigenvalue weighted by molar-refractivity contribution is 7.89. The largest absolute Gasteiger partial charge is 0.326 e. The molecule has 1 heterocycles. The highest BCUT2D eigenvalue weighted by Crippen LogP contribution is 2.28. The third-order valence-corrected chi connectivity index (χ3v) is 7.16. The second-order valence-corrected chi connectivity index (χ2v) is 10.2. The quantitative estimate of drug-likeness (QED) is 0.252. The molecule has 13 heteroatoms. The SMILES string of the molecule is N#Cc1ccc(N2C(=O)CC(N(CCc3ccc(S(N)(=O)=O)cc3)C(=O)c3ccc([N+](=O)[O-])cc3)C2=O)cc1. The fraction of sp³-hybridized carbons (Fsp3) is 0.154. The number of benzene rings is 3. The van der Waals surface area contributed by atoms with E-state index in [-0.39, 0.29) is 41.2 Å². The summed E-state index contributed by atoms with van der Waals surface area (Å²) in [6.45, 7) is -0.0184. The van der Waals surface area contributed by atoms with E-state index in [2.05, 4.69) is 0 Å². The van der Waals surface area contributed by atoms with E-state index < -0.39 is 38.7 Å². The first kappa shape index (κ1) is 27.1. The second kappa shape index (κ2) is 10.8. The van der Waals surface area contributed by atoms with Gasteiger partial charge >= 0.3 is 0 Å². The maximum Gasteiger partial charge on any atom is 0.269 e. The van der Waals surface area contributed by atoms with Gasteiger partial charge in [-0.25, -0.2) is 18.5 Å². The van der Waals surface area contributed by atoms with Crippen LogP contribution in [0, 0.1) is 21.4 Å². The summed E-state index contributed by atoms with van der Waals surface area (Å²) in [5.41, 5.74) is 1.12. The van der Waals surface area contributed by atoms with Crippen LogP contribution in [0.25, 0.3) is 0 Å². The smallest absolute Gasteiger partial charge is 0.269 e. The minimum absolute atomic E-state index is 0.0184. The standard InChI is InChI=1S/C26H21N5O7S/c27-16-18-1-7-20(8-2-18)30-24(32)15-23(26(30)34)29(25(33)19-5-9-21(10-6-19)31(35)36)14-13-17-3-11-22(12-4-17)39(28,37)38/h1-12,23H,13-15H2,(H2,28,37,38). The molecule has 0 spiro atoms. The van der Waals surface area contributed by atoms with Crippen molar-refractivity contribution in [1.82, 2.24) is 4.90 Å². The van der Waals surface area contributed by atoms with Crippen molar-refractivity contribution in [2.45, 2.75) is 23.8 Å². The monoisotopic (exact) mass is 547 g/mol. The van der Waals surface area contributed by atoms with Gasteiger partial charge in [0.15, 0.2) is 0 Å². The number of nitro benzene ring substituents is 1. The van der Waals surface area contributed by atoms with Crippen LogP contribution in [-0.2, 0) is 26.0 Å². The number of amides is 3. The lowest BCUT2D eigenvalue weighted by Crippen LogP contribution is -2.46. The zero-order chi connectivity index (χ0) is 28.3. The van der Waals surface area contributed by atoms with Gasteiger partial charge < -0.3 is 4.90 Å². The lowest BCUT2D eigenvalue weighted by Gasteiger charge is -2.28. The number of hydrogen-bond acceptors (Lipinski definition) is 8. The summed E-state index contributed by atoms with van der Waals surface area (Å²) < 4.78 is 23.1. The molecule has 2 N–H and O–H groups in total. The van der Waals surface area contributed by atoms with Crippen LogP contribution >= 0.6 is 0 Å². The molecule has 4 rings (SSSR count). The molecule has 1 aliphatic heterocycles. The Morgan fingerprint density at radius 1 is 1.05 bits per heavy atom. The van der Waals surface area contributed by atoms with E-state index in [4.69, 9.17) is 10.4 Å². The van der Waals surface area contributed by atoms with Gasteiger partial charge in [-0.1, -0.05) is 12.1 Å². The van der Waals surface area contributed by atoms with Crippen molar-refractivity contribution >= 4 is 39.1 Å². The first-order valence-corrected chi connectivity index (χ1v) is 13.1. The van der Waals surface area contributed by atoms with E-state index >= 15 is 0 Å². The highest BCUT2D eigenvalue weighted by Gasteiger charge is 2.44. The molecule has 198 valence electrons. The first-order valence-electron chi connectivity index (χ1n) is 11.5. The Kier molecular flexibility index (Phi) is 7.52. The maximum absolute atomic E-state index is 13.5. The van der Waals surface area contributed by atoms with E-state index in [9.17, 15) is 32.9 Å². The Labute approximate surface area is 223 Å². The molecule has 0 saturated carbocycles. The summed E-state index contributed by atoms with van der Waals surface area (Å²) in [6, 6.07) is 17.2. The van der Waals surface area contributed by atoms with Crippen molar-refractivity contribution in [2.24, 2.45) is 5.14 Å². The zero-order valence-corrected chi connectivity index (χ0v) is 21.1. The number of carbonyl (C=O) groups excluding carboxylic acids is 3. The van der Waals surface area contributed by atoms with E-state index in [1.165, 1.54) is 77.7 Å². The predicted molar refractivity (Wildman–Crippen MR) is 138 cm³/mol. The van der Waals surface area contributed by atoms with E-state index in [0.717, 1.165) is 4.90 Å². The maximum atomic E-state index is 13.5. The summed E-state index contributed by atoms with van der Waals surface area (Å²) in [5, 5.41) is 25.2. The van der Waals surface area contributed by atoms with Crippen molar-refractivity contribution < 1.29 is 27.7 Å². The van der Waals surface area contributed by atoms with Gasteiger partial charge in [0.1, 0.15) is 6.04 Å². The van der Waals surface area contributed by atoms with Crippen LogP contribution in [0.2, 0.25) is 0 Å². The number of anilines is 1. The van der Waals surface area contributed by atoms with Crippen LogP contribution in [0.1, 0.15) is 27.9 Å². The number of nitrogens with two attached hydrogens (primary N) is 1. The summed E-state index contributed by atoms with van der Waals surface area (Å²) in [7, 11) is -3.89. The van der Waals surface area contributed by atoms with Gasteiger partial charge in [0.25, 0.3) is 17.5 Å². The molecule has 3 amide bonds. The summed E-state index contributed by atoms with van der Waals surface area (Å²) in [4.78, 5) is 52.4. The third-order valence-electron chi connectivity index (χ3n) is 6.23. The van der Waals surface area contributed by atoms with Crippen molar-refractivity contribution in [3.8, 4) is 6.07 Å². The number of nitrogens with zero attached hydrogens (tertiary/aromatic N) is 4. The normalized spacial score (nSPS) is 15.2. The van der Waals surface area contributed by atoms with Crippen molar-refractivity contribution in [2.75, 3.05) is 11.4 Å². The van der Waals surface area contributed by atoms with E-state index in [1.54, 1.807) is 0 Å². The lowest BCUT2D eigenvalue weighted by molar-refractivity contribution is -0.384. The molecule has 1 atom stereocenters. The van der Waals surface area contributed by atoms with Crippen molar-refractivity contribution in [3.05, 3.63) is 99.6 Å². The van der Waals surface area contributed by atoms with Gasteiger partial charge in [-0.05, 0) is 60.5 Å². The Balaban J connectivity index is 1.63. The summed E-state index contributed by atoms with van der Waals surface area (Å²) in [6.07, 6.45) is -0.0830. The molecule has 1 aliphatic rings. The molecule has 12 nitrogen and oxygen atoms in total. The third kappa shape index (κ3) is 5.82. The van der Waals surface area contributed by atoms with Crippen LogP contribution < -0.4 is 10.0 Å². The van der Waals surface area contributed by atoms with Crippen LogP contribution in [0.3, 0.4) is 0 Å². The van der Waals surface area contributed by atoms with Crippen LogP contribution in [0.5, 0.6) is 0 Å². The molecular weight excluding hydrogens is 526 g/mol. The molecule has 3 aromatic carbocycles. The van der Waals surface area contributed by atoms with Gasteiger partial charge in [-0.3, -0.25) is 24.5 Å². The van der Waals surface area contributed by atoms with Gasteiger partial charge in [0.05, 0.1) is 33.6 Å². The molecule has 1 fully saturated rings. The number of imide groups is 1. The highest BCUT2D eigenvalue weighted by atomic mass is 32.2. The average Bonchev–Trinajstić information content (AvgIpc) is 3.21. The molecule has 39 heavy (non-hydrogen) atoms. The number of non-ortho nitro benzene ring substituents is 1. The van der Waals surface area contributed by atoms with Gasteiger partial charge in [0.2, 0.25) is 15.9 Å². The van der Waals surface area contributed by atoms with Gasteiger partial charge in [-0.15, -0.1) is 0 Å². The molecule has 0 aromatic heterocycles. The van der Waals surface area contributed by atoms with Crippen LogP contribution in [-0.4, -0.2) is 48.5 Å². The topological polar surface area (TPSA) is 185 Å².